The molecule has 1 N–H and O–H groups in total. The molecule has 9 atom stereocenters. The number of aliphatic hydroxyl groups is 1. The van der Waals surface area contributed by atoms with Crippen LogP contribution < -0.4 is 0 Å². The van der Waals surface area contributed by atoms with E-state index in [9.17, 15) is 14.7 Å². The number of Topliss-reactive ketones (excluding diaryl/α,β-unsaturated/α-hetero) is 1. The van der Waals surface area contributed by atoms with Gasteiger partial charge in [0.1, 0.15) is 11.9 Å². The van der Waals surface area contributed by atoms with Crippen molar-refractivity contribution in [2.24, 2.45) is 50.7 Å². The van der Waals surface area contributed by atoms with Gasteiger partial charge in [-0.25, -0.2) is 0 Å². The summed E-state index contributed by atoms with van der Waals surface area (Å²) in [5.41, 5.74) is -0.602. The van der Waals surface area contributed by atoms with E-state index >= 15 is 0 Å². The fourth-order valence-corrected chi connectivity index (χ4v) is 12.0. The topological polar surface area (TPSA) is 63.6 Å². The molecule has 0 aromatic rings. The van der Waals surface area contributed by atoms with Crippen molar-refractivity contribution in [1.82, 2.24) is 0 Å². The molecule has 0 spiro atoms. The Morgan fingerprint density at radius 1 is 0.778 bits per heavy atom. The summed E-state index contributed by atoms with van der Waals surface area (Å²) >= 11 is 0. The molecule has 0 amide bonds. The van der Waals surface area contributed by atoms with E-state index in [0.29, 0.717) is 30.0 Å². The molecule has 204 valence electrons. The zero-order chi connectivity index (χ0) is 26.5. The van der Waals surface area contributed by atoms with Gasteiger partial charge in [0.15, 0.2) is 0 Å². The fraction of sp³-hybridized carbons (Fsp3) is 0.938. The van der Waals surface area contributed by atoms with Crippen molar-refractivity contribution in [3.8, 4) is 0 Å². The Morgan fingerprint density at radius 3 is 2.06 bits per heavy atom. The number of hydrogen-bond donors (Lipinski definition) is 1. The Bertz CT molecular complexity index is 936. The summed E-state index contributed by atoms with van der Waals surface area (Å²) in [5.74, 6) is 1.99. The Kier molecular flexibility index (Phi) is 5.97. The van der Waals surface area contributed by atoms with Gasteiger partial charge in [0.05, 0.1) is 5.60 Å². The van der Waals surface area contributed by atoms with Gasteiger partial charge in [0.25, 0.3) is 0 Å². The number of ketones is 1. The van der Waals surface area contributed by atoms with E-state index in [0.717, 1.165) is 57.8 Å². The van der Waals surface area contributed by atoms with Gasteiger partial charge in [-0.05, 0) is 104 Å². The Balaban J connectivity index is 1.49. The second kappa shape index (κ2) is 8.06. The van der Waals surface area contributed by atoms with Gasteiger partial charge in [-0.2, -0.15) is 0 Å². The van der Waals surface area contributed by atoms with E-state index in [1.165, 1.54) is 6.42 Å². The van der Waals surface area contributed by atoms with Gasteiger partial charge >= 0.3 is 5.97 Å². The lowest BCUT2D eigenvalue weighted by Gasteiger charge is -2.64. The van der Waals surface area contributed by atoms with Gasteiger partial charge in [-0.15, -0.1) is 0 Å². The molecule has 0 aromatic heterocycles. The maximum atomic E-state index is 12.9. The average Bonchev–Trinajstić information content (AvgIpc) is 2.87. The first-order valence-electron chi connectivity index (χ1n) is 14.9. The lowest BCUT2D eigenvalue weighted by molar-refractivity contribution is -0.204. The first-order chi connectivity index (χ1) is 16.5. The van der Waals surface area contributed by atoms with E-state index in [1.807, 2.05) is 0 Å². The van der Waals surface area contributed by atoms with Crippen LogP contribution in [0.15, 0.2) is 0 Å². The summed E-state index contributed by atoms with van der Waals surface area (Å²) in [5, 5.41) is 12.5. The maximum absolute atomic E-state index is 12.9. The highest BCUT2D eigenvalue weighted by molar-refractivity contribution is 5.85. The molecule has 4 nitrogen and oxygen atoms in total. The maximum Gasteiger partial charge on any atom is 0.302 e. The van der Waals surface area contributed by atoms with Crippen molar-refractivity contribution in [2.45, 2.75) is 138 Å². The van der Waals surface area contributed by atoms with E-state index in [4.69, 9.17) is 4.74 Å². The van der Waals surface area contributed by atoms with Gasteiger partial charge in [-0.3, -0.25) is 9.59 Å². The highest BCUT2D eigenvalue weighted by Crippen LogP contribution is 2.71. The Labute approximate surface area is 219 Å². The van der Waals surface area contributed by atoms with Crippen LogP contribution in [0.25, 0.3) is 0 Å². The standard InChI is InChI=1S/C32H52O4/c1-20(33)36-26-14-17-30(7)22(28(26,4)5)11-15-29(6)19-32(35)18-12-21-27(2,3)25(34)13-16-31(21,8)24(32)10-9-23(29)30/h21-24,26,35H,9-19H2,1-8H3/t21-,22+,23-,24+,26-,29-,30-,31-,32-/m0/s1. The first-order valence-corrected chi connectivity index (χ1v) is 14.9. The summed E-state index contributed by atoms with van der Waals surface area (Å²) in [6, 6.07) is 0. The molecule has 5 rings (SSSR count). The number of esters is 1. The van der Waals surface area contributed by atoms with E-state index in [2.05, 4.69) is 48.5 Å². The minimum atomic E-state index is -0.626. The van der Waals surface area contributed by atoms with Crippen LogP contribution in [-0.4, -0.2) is 28.6 Å². The molecule has 36 heavy (non-hydrogen) atoms. The molecule has 5 fully saturated rings. The van der Waals surface area contributed by atoms with Crippen molar-refractivity contribution in [1.29, 1.82) is 0 Å². The highest BCUT2D eigenvalue weighted by Gasteiger charge is 2.67. The monoisotopic (exact) mass is 500 g/mol. The zero-order valence-electron chi connectivity index (χ0n) is 24.3. The molecular formula is C32H52O4. The van der Waals surface area contributed by atoms with E-state index in [-0.39, 0.29) is 45.1 Å². The minimum Gasteiger partial charge on any atom is -0.462 e. The van der Waals surface area contributed by atoms with E-state index in [1.54, 1.807) is 6.92 Å². The molecule has 0 heterocycles. The fourth-order valence-electron chi connectivity index (χ4n) is 12.0. The molecule has 4 heteroatoms. The largest absolute Gasteiger partial charge is 0.462 e. The van der Waals surface area contributed by atoms with Crippen LogP contribution in [0, 0.1) is 50.7 Å². The number of rotatable bonds is 1. The summed E-state index contributed by atoms with van der Waals surface area (Å²) in [7, 11) is 0. The lowest BCUT2D eigenvalue weighted by atomic mass is 9.41. The third-order valence-electron chi connectivity index (χ3n) is 13.5. The van der Waals surface area contributed by atoms with Crippen LogP contribution in [-0.2, 0) is 14.3 Å². The summed E-state index contributed by atoms with van der Waals surface area (Å²) in [4.78, 5) is 24.8. The normalized spacial score (nSPS) is 51.6. The molecule has 5 saturated carbocycles. The molecule has 0 unspecified atom stereocenters. The second-order valence-corrected chi connectivity index (χ2v) is 15.9. The second-order valence-electron chi connectivity index (χ2n) is 15.9. The Hall–Kier alpha value is -0.900. The number of carbonyl (C=O) groups excluding carboxylic acids is 2. The predicted molar refractivity (Wildman–Crippen MR) is 142 cm³/mol. The van der Waals surface area contributed by atoms with Crippen LogP contribution in [0.5, 0.6) is 0 Å². The highest BCUT2D eigenvalue weighted by atomic mass is 16.5. The van der Waals surface area contributed by atoms with Crippen molar-refractivity contribution >= 4 is 11.8 Å². The number of hydrogen-bond acceptors (Lipinski definition) is 4. The molecular weight excluding hydrogens is 448 g/mol. The average molecular weight is 501 g/mol. The molecule has 5 aliphatic carbocycles. The van der Waals surface area contributed by atoms with Crippen LogP contribution >= 0.6 is 0 Å². The zero-order valence-corrected chi connectivity index (χ0v) is 24.3. The lowest BCUT2D eigenvalue weighted by Crippen LogP contribution is -2.61. The van der Waals surface area contributed by atoms with Gasteiger partial charge < -0.3 is 9.84 Å². The first kappa shape index (κ1) is 26.7. The molecule has 0 bridgehead atoms. The van der Waals surface area contributed by atoms with E-state index < -0.39 is 5.60 Å². The molecule has 0 aromatic carbocycles. The molecule has 5 aliphatic rings. The third kappa shape index (κ3) is 3.54. The third-order valence-corrected chi connectivity index (χ3v) is 13.5. The summed E-state index contributed by atoms with van der Waals surface area (Å²) in [6.45, 7) is 18.0. The van der Waals surface area contributed by atoms with Crippen LogP contribution in [0.3, 0.4) is 0 Å². The van der Waals surface area contributed by atoms with Crippen molar-refractivity contribution in [2.75, 3.05) is 0 Å². The van der Waals surface area contributed by atoms with Crippen molar-refractivity contribution in [3.63, 3.8) is 0 Å². The summed E-state index contributed by atoms with van der Waals surface area (Å²) < 4.78 is 5.87. The predicted octanol–water partition coefficient (Wildman–Crippen LogP) is 7.11. The molecule has 0 saturated heterocycles. The SMILES string of the molecule is CC(=O)O[C@H]1CC[C@@]2(C)[C@H](CC[C@@]3(C)C[C@@]4(O)CC[C@H]5C(C)(C)C(=O)CC[C@]5(C)[C@H]4CC[C@@H]32)C1(C)C. The number of fused-ring (bicyclic) bond motifs is 6. The van der Waals surface area contributed by atoms with Crippen LogP contribution in [0.1, 0.15) is 126 Å². The van der Waals surface area contributed by atoms with Crippen molar-refractivity contribution < 1.29 is 19.4 Å². The van der Waals surface area contributed by atoms with Crippen LogP contribution in [0.2, 0.25) is 0 Å². The smallest absolute Gasteiger partial charge is 0.302 e. The summed E-state index contributed by atoms with van der Waals surface area (Å²) in [6.07, 6.45) is 10.9. The number of carbonyl (C=O) groups is 2. The quantitative estimate of drug-likeness (QED) is 0.390. The van der Waals surface area contributed by atoms with Crippen LogP contribution in [0.4, 0.5) is 0 Å². The van der Waals surface area contributed by atoms with Gasteiger partial charge in [-0.1, -0.05) is 48.5 Å². The molecule has 0 radical (unpaired) electrons. The van der Waals surface area contributed by atoms with Gasteiger partial charge in [0, 0.05) is 24.2 Å². The van der Waals surface area contributed by atoms with Gasteiger partial charge in [0.2, 0.25) is 0 Å². The number of ether oxygens (including phenoxy) is 1. The Morgan fingerprint density at radius 2 is 1.39 bits per heavy atom. The minimum absolute atomic E-state index is 0.00310. The molecule has 0 aliphatic heterocycles. The van der Waals surface area contributed by atoms with Crippen molar-refractivity contribution in [3.05, 3.63) is 0 Å².